The second-order valence-electron chi connectivity index (χ2n) is 4.46. The monoisotopic (exact) mass is 306 g/mol. The smallest absolute Gasteiger partial charge is 0.264 e. The van der Waals surface area contributed by atoms with Crippen LogP contribution in [0.2, 0.25) is 0 Å². The van der Waals surface area contributed by atoms with E-state index >= 15 is 0 Å². The molecule has 0 aromatic heterocycles. The minimum atomic E-state index is -3.53. The highest BCUT2D eigenvalue weighted by Crippen LogP contribution is 2.37. The zero-order valence-electron chi connectivity index (χ0n) is 10.7. The molecular formula is C14H14N2O2S2. The van der Waals surface area contributed by atoms with E-state index in [0.717, 1.165) is 16.3 Å². The van der Waals surface area contributed by atoms with Crippen LogP contribution >= 0.6 is 11.8 Å². The van der Waals surface area contributed by atoms with Gasteiger partial charge in [0.25, 0.3) is 10.0 Å². The zero-order chi connectivity index (χ0) is 14.2. The van der Waals surface area contributed by atoms with Crippen molar-refractivity contribution in [3.63, 3.8) is 0 Å². The third-order valence-electron chi connectivity index (χ3n) is 3.15. The summed E-state index contributed by atoms with van der Waals surface area (Å²) in [5.41, 5.74) is 6.92. The van der Waals surface area contributed by atoms with E-state index in [1.54, 1.807) is 36.0 Å². The highest BCUT2D eigenvalue weighted by molar-refractivity contribution is 8.00. The van der Waals surface area contributed by atoms with Crippen molar-refractivity contribution in [2.75, 3.05) is 22.3 Å². The Kier molecular flexibility index (Phi) is 3.35. The van der Waals surface area contributed by atoms with Crippen molar-refractivity contribution in [2.24, 2.45) is 0 Å². The van der Waals surface area contributed by atoms with Gasteiger partial charge in [-0.3, -0.25) is 4.31 Å². The summed E-state index contributed by atoms with van der Waals surface area (Å²) in [6.07, 6.45) is 0. The number of hydrogen-bond donors (Lipinski definition) is 1. The lowest BCUT2D eigenvalue weighted by Gasteiger charge is -2.29. The Balaban J connectivity index is 2.07. The average molecular weight is 306 g/mol. The van der Waals surface area contributed by atoms with Gasteiger partial charge in [0.1, 0.15) is 0 Å². The van der Waals surface area contributed by atoms with Crippen LogP contribution in [0.15, 0.2) is 58.3 Å². The molecule has 2 aromatic carbocycles. The zero-order valence-corrected chi connectivity index (χ0v) is 12.3. The van der Waals surface area contributed by atoms with Gasteiger partial charge >= 0.3 is 0 Å². The second-order valence-corrected chi connectivity index (χ2v) is 7.46. The van der Waals surface area contributed by atoms with Crippen molar-refractivity contribution in [1.82, 2.24) is 0 Å². The summed E-state index contributed by atoms with van der Waals surface area (Å²) in [7, 11) is -3.53. The first kappa shape index (κ1) is 13.3. The summed E-state index contributed by atoms with van der Waals surface area (Å²) in [6.45, 7) is 0.481. The highest BCUT2D eigenvalue weighted by Gasteiger charge is 2.28. The molecule has 0 saturated heterocycles. The third-order valence-corrected chi connectivity index (χ3v) is 6.02. The number of sulfonamides is 1. The molecule has 0 saturated carbocycles. The number of para-hydroxylation sites is 1. The number of anilines is 2. The summed E-state index contributed by atoms with van der Waals surface area (Å²) >= 11 is 1.68. The van der Waals surface area contributed by atoms with E-state index in [-0.39, 0.29) is 4.90 Å². The van der Waals surface area contributed by atoms with Crippen LogP contribution in [0.4, 0.5) is 11.4 Å². The molecule has 0 radical (unpaired) electrons. The Morgan fingerprint density at radius 3 is 2.50 bits per heavy atom. The molecule has 1 heterocycles. The molecule has 0 amide bonds. The van der Waals surface area contributed by atoms with Gasteiger partial charge in [-0.05, 0) is 36.4 Å². The lowest BCUT2D eigenvalue weighted by molar-refractivity contribution is 0.591. The Bertz CT molecular complexity index is 727. The van der Waals surface area contributed by atoms with E-state index < -0.39 is 10.0 Å². The van der Waals surface area contributed by atoms with Crippen molar-refractivity contribution in [2.45, 2.75) is 9.79 Å². The Morgan fingerprint density at radius 1 is 1.05 bits per heavy atom. The maximum atomic E-state index is 12.7. The first-order valence-corrected chi connectivity index (χ1v) is 8.62. The summed E-state index contributed by atoms with van der Waals surface area (Å²) in [5.74, 6) is 0.755. The largest absolute Gasteiger partial charge is 0.399 e. The molecule has 6 heteroatoms. The quantitative estimate of drug-likeness (QED) is 0.866. The van der Waals surface area contributed by atoms with E-state index in [2.05, 4.69) is 0 Å². The molecule has 0 fully saturated rings. The van der Waals surface area contributed by atoms with Crippen molar-refractivity contribution in [3.8, 4) is 0 Å². The van der Waals surface area contributed by atoms with Gasteiger partial charge in [-0.1, -0.05) is 12.1 Å². The van der Waals surface area contributed by atoms with Crippen LogP contribution in [-0.2, 0) is 10.0 Å². The Morgan fingerprint density at radius 2 is 1.75 bits per heavy atom. The van der Waals surface area contributed by atoms with Crippen molar-refractivity contribution < 1.29 is 8.42 Å². The van der Waals surface area contributed by atoms with E-state index in [1.807, 2.05) is 24.3 Å². The van der Waals surface area contributed by atoms with Gasteiger partial charge in [-0.15, -0.1) is 11.8 Å². The predicted molar refractivity (Wildman–Crippen MR) is 82.6 cm³/mol. The summed E-state index contributed by atoms with van der Waals surface area (Å²) in [6, 6.07) is 13.9. The lowest BCUT2D eigenvalue weighted by Crippen LogP contribution is -2.35. The molecular weight excluding hydrogens is 292 g/mol. The van der Waals surface area contributed by atoms with Crippen molar-refractivity contribution >= 4 is 33.2 Å². The minimum Gasteiger partial charge on any atom is -0.399 e. The van der Waals surface area contributed by atoms with Crippen LogP contribution in [0.1, 0.15) is 0 Å². The van der Waals surface area contributed by atoms with Gasteiger partial charge in [0, 0.05) is 22.9 Å². The van der Waals surface area contributed by atoms with Crippen LogP contribution in [0, 0.1) is 0 Å². The third kappa shape index (κ3) is 2.25. The summed E-state index contributed by atoms with van der Waals surface area (Å²) < 4.78 is 27.0. The highest BCUT2D eigenvalue weighted by atomic mass is 32.2. The molecule has 2 N–H and O–H groups in total. The molecule has 0 spiro atoms. The lowest BCUT2D eigenvalue weighted by atomic mass is 10.3. The predicted octanol–water partition coefficient (Wildman–Crippen LogP) is 2.57. The number of fused-ring (bicyclic) bond motifs is 1. The van der Waals surface area contributed by atoms with Crippen molar-refractivity contribution in [1.29, 1.82) is 0 Å². The fourth-order valence-corrected chi connectivity index (χ4v) is 4.81. The normalized spacial score (nSPS) is 14.9. The van der Waals surface area contributed by atoms with Crippen LogP contribution in [-0.4, -0.2) is 20.7 Å². The van der Waals surface area contributed by atoms with Crippen LogP contribution in [0.3, 0.4) is 0 Å². The molecule has 3 rings (SSSR count). The topological polar surface area (TPSA) is 63.4 Å². The summed E-state index contributed by atoms with van der Waals surface area (Å²) in [5, 5.41) is 0. The molecule has 20 heavy (non-hydrogen) atoms. The number of thioether (sulfide) groups is 1. The Labute approximate surface area is 122 Å². The first-order valence-electron chi connectivity index (χ1n) is 6.19. The number of benzene rings is 2. The molecule has 1 aliphatic heterocycles. The molecule has 0 aliphatic carbocycles. The van der Waals surface area contributed by atoms with Gasteiger partial charge < -0.3 is 5.73 Å². The number of nitrogens with two attached hydrogens (primary N) is 1. The van der Waals surface area contributed by atoms with Crippen LogP contribution in [0.25, 0.3) is 0 Å². The van der Waals surface area contributed by atoms with Gasteiger partial charge in [0.15, 0.2) is 0 Å². The van der Waals surface area contributed by atoms with E-state index in [9.17, 15) is 8.42 Å². The van der Waals surface area contributed by atoms with Gasteiger partial charge in [0.2, 0.25) is 0 Å². The number of hydrogen-bond acceptors (Lipinski definition) is 4. The van der Waals surface area contributed by atoms with E-state index in [4.69, 9.17) is 5.73 Å². The fourth-order valence-electron chi connectivity index (χ4n) is 2.16. The van der Waals surface area contributed by atoms with Gasteiger partial charge in [-0.25, -0.2) is 8.42 Å². The van der Waals surface area contributed by atoms with Crippen LogP contribution in [0.5, 0.6) is 0 Å². The minimum absolute atomic E-state index is 0.272. The maximum Gasteiger partial charge on any atom is 0.264 e. The molecule has 4 nitrogen and oxygen atoms in total. The molecule has 104 valence electrons. The average Bonchev–Trinajstić information content (AvgIpc) is 2.47. The number of nitrogen functional groups attached to an aromatic ring is 1. The van der Waals surface area contributed by atoms with Crippen LogP contribution < -0.4 is 10.0 Å². The van der Waals surface area contributed by atoms with E-state index in [1.165, 1.54) is 4.31 Å². The van der Waals surface area contributed by atoms with Crippen molar-refractivity contribution in [3.05, 3.63) is 48.5 Å². The SMILES string of the molecule is Nc1ccc(S(=O)(=O)N2CCSc3ccccc32)cc1. The molecule has 0 unspecified atom stereocenters. The second kappa shape index (κ2) is 5.03. The fraction of sp³-hybridized carbons (Fsp3) is 0.143. The first-order chi connectivity index (χ1) is 9.59. The molecule has 1 aliphatic rings. The standard InChI is InChI=1S/C14H14N2O2S2/c15-11-5-7-12(8-6-11)20(17,18)16-9-10-19-14-4-2-1-3-13(14)16/h1-8H,9-10,15H2. The molecule has 0 atom stereocenters. The van der Waals surface area contributed by atoms with Gasteiger partial charge in [0.05, 0.1) is 10.6 Å². The van der Waals surface area contributed by atoms with E-state index in [0.29, 0.717) is 12.2 Å². The molecule has 0 bridgehead atoms. The van der Waals surface area contributed by atoms with Gasteiger partial charge in [-0.2, -0.15) is 0 Å². The Hall–Kier alpha value is -1.66. The summed E-state index contributed by atoms with van der Waals surface area (Å²) in [4.78, 5) is 1.27. The number of rotatable bonds is 2. The number of nitrogens with zero attached hydrogens (tertiary/aromatic N) is 1. The maximum absolute atomic E-state index is 12.7. The molecule has 2 aromatic rings.